The molecule has 1 unspecified atom stereocenters. The zero-order valence-corrected chi connectivity index (χ0v) is 12.1. The Labute approximate surface area is 116 Å². The lowest BCUT2D eigenvalue weighted by Crippen LogP contribution is -2.38. The van der Waals surface area contributed by atoms with E-state index in [0.29, 0.717) is 5.92 Å². The molecule has 0 aromatic heterocycles. The van der Waals surface area contributed by atoms with Gasteiger partial charge in [-0.05, 0) is 18.4 Å². The van der Waals surface area contributed by atoms with Crippen molar-refractivity contribution in [1.82, 2.24) is 10.6 Å². The van der Waals surface area contributed by atoms with Crippen molar-refractivity contribution < 1.29 is 10.2 Å². The quantitative estimate of drug-likeness (QED) is 0.474. The van der Waals surface area contributed by atoms with Crippen LogP contribution in [0.1, 0.15) is 26.7 Å². The van der Waals surface area contributed by atoms with Crippen molar-refractivity contribution in [2.45, 2.75) is 38.8 Å². The maximum atomic E-state index is 9.17. The van der Waals surface area contributed by atoms with E-state index in [4.69, 9.17) is 5.11 Å². The van der Waals surface area contributed by atoms with E-state index >= 15 is 0 Å². The molecule has 4 nitrogen and oxygen atoms in total. The summed E-state index contributed by atoms with van der Waals surface area (Å²) in [6.45, 7) is 6.19. The molecule has 0 radical (unpaired) electrons. The van der Waals surface area contributed by atoms with Crippen LogP contribution in [0.3, 0.4) is 0 Å². The smallest absolute Gasteiger partial charge is 0.0584 e. The third-order valence-corrected chi connectivity index (χ3v) is 3.78. The summed E-state index contributed by atoms with van der Waals surface area (Å²) in [5.74, 6) is 0.393. The van der Waals surface area contributed by atoms with Crippen molar-refractivity contribution in [2.75, 3.05) is 26.3 Å². The fraction of sp³-hybridized carbons (Fsp3) is 0.733. The Morgan fingerprint density at radius 1 is 1.11 bits per heavy atom. The topological polar surface area (TPSA) is 64.5 Å². The van der Waals surface area contributed by atoms with E-state index in [1.165, 1.54) is 5.57 Å². The van der Waals surface area contributed by atoms with Gasteiger partial charge in [-0.25, -0.2) is 0 Å². The summed E-state index contributed by atoms with van der Waals surface area (Å²) in [7, 11) is 0. The molecule has 0 heterocycles. The van der Waals surface area contributed by atoms with Gasteiger partial charge < -0.3 is 20.8 Å². The van der Waals surface area contributed by atoms with Crippen LogP contribution in [-0.2, 0) is 0 Å². The van der Waals surface area contributed by atoms with E-state index in [1.807, 2.05) is 0 Å². The minimum Gasteiger partial charge on any atom is -0.395 e. The van der Waals surface area contributed by atoms with E-state index in [9.17, 15) is 5.11 Å². The molecule has 0 saturated carbocycles. The molecule has 1 aliphatic carbocycles. The Balaban J connectivity index is 2.34. The average molecular weight is 268 g/mol. The summed E-state index contributed by atoms with van der Waals surface area (Å²) in [6, 6.07) is 0.361. The standard InChI is InChI=1S/C15H28N2O2/c1-3-14(10-18)16-8-12-6-5-7-13(12)9-17-15(4-2)11-19/h5-7,12,14-19H,3-4,8-11H2,1-2H3/t12?,14-,15-/m1/s1. The molecule has 19 heavy (non-hydrogen) atoms. The number of aliphatic hydroxyl groups excluding tert-OH is 2. The number of hydrogen-bond acceptors (Lipinski definition) is 4. The molecule has 0 amide bonds. The van der Waals surface area contributed by atoms with E-state index in [1.54, 1.807) is 0 Å². The van der Waals surface area contributed by atoms with E-state index in [2.05, 4.69) is 42.7 Å². The maximum absolute atomic E-state index is 9.17. The number of rotatable bonds is 10. The highest BCUT2D eigenvalue weighted by Crippen LogP contribution is 2.18. The molecule has 1 aliphatic rings. The van der Waals surface area contributed by atoms with Crippen molar-refractivity contribution in [3.05, 3.63) is 23.8 Å². The molecule has 0 aliphatic heterocycles. The number of hydrogen-bond donors (Lipinski definition) is 4. The normalized spacial score (nSPS) is 21.5. The fourth-order valence-electron chi connectivity index (χ4n) is 2.18. The first-order chi connectivity index (χ1) is 9.24. The summed E-state index contributed by atoms with van der Waals surface area (Å²) >= 11 is 0. The lowest BCUT2D eigenvalue weighted by Gasteiger charge is -2.21. The van der Waals surface area contributed by atoms with E-state index in [-0.39, 0.29) is 25.3 Å². The highest BCUT2D eigenvalue weighted by Gasteiger charge is 2.16. The molecular weight excluding hydrogens is 240 g/mol. The van der Waals surface area contributed by atoms with Gasteiger partial charge in [-0.15, -0.1) is 0 Å². The van der Waals surface area contributed by atoms with Crippen LogP contribution in [0.4, 0.5) is 0 Å². The van der Waals surface area contributed by atoms with Gasteiger partial charge in [0.2, 0.25) is 0 Å². The lowest BCUT2D eigenvalue weighted by molar-refractivity contribution is 0.235. The SMILES string of the molecule is CC[C@H](CO)NCC1=CC=CC1CN[C@H](CC)CO. The molecule has 110 valence electrons. The van der Waals surface area contributed by atoms with Gasteiger partial charge in [0.15, 0.2) is 0 Å². The largest absolute Gasteiger partial charge is 0.395 e. The first-order valence-corrected chi connectivity index (χ1v) is 7.30. The molecule has 0 saturated heterocycles. The van der Waals surface area contributed by atoms with Gasteiger partial charge >= 0.3 is 0 Å². The van der Waals surface area contributed by atoms with Crippen LogP contribution < -0.4 is 10.6 Å². The number of allylic oxidation sites excluding steroid dienone is 2. The molecule has 1 rings (SSSR count). The predicted octanol–water partition coefficient (Wildman–Crippen LogP) is 0.820. The van der Waals surface area contributed by atoms with Gasteiger partial charge in [0, 0.05) is 31.1 Å². The molecule has 0 fully saturated rings. The summed E-state index contributed by atoms with van der Waals surface area (Å²) in [6.07, 6.45) is 8.29. The highest BCUT2D eigenvalue weighted by atomic mass is 16.3. The third-order valence-electron chi connectivity index (χ3n) is 3.78. The predicted molar refractivity (Wildman–Crippen MR) is 79.0 cm³/mol. The Hall–Kier alpha value is -0.680. The second kappa shape index (κ2) is 9.26. The molecule has 4 N–H and O–H groups in total. The number of nitrogens with one attached hydrogen (secondary N) is 2. The van der Waals surface area contributed by atoms with Crippen LogP contribution >= 0.6 is 0 Å². The first kappa shape index (κ1) is 16.4. The van der Waals surface area contributed by atoms with Crippen molar-refractivity contribution in [3.8, 4) is 0 Å². The molecule has 4 heteroatoms. The fourth-order valence-corrected chi connectivity index (χ4v) is 2.18. The first-order valence-electron chi connectivity index (χ1n) is 7.30. The van der Waals surface area contributed by atoms with Gasteiger partial charge in [0.1, 0.15) is 0 Å². The minimum absolute atomic E-state index is 0.177. The Morgan fingerprint density at radius 3 is 2.32 bits per heavy atom. The van der Waals surface area contributed by atoms with Crippen molar-refractivity contribution in [2.24, 2.45) is 5.92 Å². The monoisotopic (exact) mass is 268 g/mol. The Morgan fingerprint density at radius 2 is 1.74 bits per heavy atom. The summed E-state index contributed by atoms with van der Waals surface area (Å²) in [5.41, 5.74) is 1.34. The summed E-state index contributed by atoms with van der Waals surface area (Å²) < 4.78 is 0. The van der Waals surface area contributed by atoms with Crippen molar-refractivity contribution in [3.63, 3.8) is 0 Å². The van der Waals surface area contributed by atoms with Gasteiger partial charge in [0.05, 0.1) is 13.2 Å². The van der Waals surface area contributed by atoms with E-state index < -0.39 is 0 Å². The molecule has 0 aromatic carbocycles. The maximum Gasteiger partial charge on any atom is 0.0584 e. The highest BCUT2D eigenvalue weighted by molar-refractivity contribution is 5.29. The number of aliphatic hydroxyl groups is 2. The van der Waals surface area contributed by atoms with Gasteiger partial charge in [-0.2, -0.15) is 0 Å². The lowest BCUT2D eigenvalue weighted by atomic mass is 10.0. The van der Waals surface area contributed by atoms with Gasteiger partial charge in [-0.3, -0.25) is 0 Å². The Kier molecular flexibility index (Phi) is 7.98. The Bertz CT molecular complexity index is 295. The third kappa shape index (κ3) is 5.45. The molecular formula is C15H28N2O2. The summed E-state index contributed by atoms with van der Waals surface area (Å²) in [5, 5.41) is 25.1. The zero-order chi connectivity index (χ0) is 14.1. The van der Waals surface area contributed by atoms with E-state index in [0.717, 1.165) is 25.9 Å². The second-order valence-electron chi connectivity index (χ2n) is 5.10. The van der Waals surface area contributed by atoms with Crippen LogP contribution in [0.2, 0.25) is 0 Å². The average Bonchev–Trinajstić information content (AvgIpc) is 2.89. The molecule has 0 aromatic rings. The molecule has 0 spiro atoms. The van der Waals surface area contributed by atoms with Gasteiger partial charge in [-0.1, -0.05) is 32.1 Å². The molecule has 3 atom stereocenters. The van der Waals surface area contributed by atoms with Crippen LogP contribution in [-0.4, -0.2) is 48.6 Å². The zero-order valence-electron chi connectivity index (χ0n) is 12.1. The van der Waals surface area contributed by atoms with Crippen LogP contribution in [0, 0.1) is 5.92 Å². The second-order valence-corrected chi connectivity index (χ2v) is 5.10. The molecule has 0 bridgehead atoms. The van der Waals surface area contributed by atoms with Crippen LogP contribution in [0.15, 0.2) is 23.8 Å². The van der Waals surface area contributed by atoms with Crippen LogP contribution in [0.25, 0.3) is 0 Å². The van der Waals surface area contributed by atoms with Crippen LogP contribution in [0.5, 0.6) is 0 Å². The summed E-state index contributed by atoms with van der Waals surface area (Å²) in [4.78, 5) is 0. The minimum atomic E-state index is 0.177. The van der Waals surface area contributed by atoms with Crippen molar-refractivity contribution in [1.29, 1.82) is 0 Å². The van der Waals surface area contributed by atoms with Gasteiger partial charge in [0.25, 0.3) is 0 Å². The van der Waals surface area contributed by atoms with Crippen molar-refractivity contribution >= 4 is 0 Å².